The third kappa shape index (κ3) is 5.49. The smallest absolute Gasteiger partial charge is 0.435 e. The summed E-state index contributed by atoms with van der Waals surface area (Å²) in [5.74, 6) is 0.370. The van der Waals surface area contributed by atoms with Gasteiger partial charge in [-0.25, -0.2) is 4.68 Å². The molecule has 0 bridgehead atoms. The lowest BCUT2D eigenvalue weighted by Gasteiger charge is -2.12. The summed E-state index contributed by atoms with van der Waals surface area (Å²) >= 11 is 6.19. The first-order valence-corrected chi connectivity index (χ1v) is 11.0. The molecule has 4 rings (SSSR count). The van der Waals surface area contributed by atoms with Crippen LogP contribution in [-0.4, -0.2) is 34.7 Å². The maximum absolute atomic E-state index is 13.3. The molecule has 1 aromatic heterocycles. The van der Waals surface area contributed by atoms with Gasteiger partial charge in [-0.1, -0.05) is 48.0 Å². The van der Waals surface area contributed by atoms with Gasteiger partial charge in [-0.2, -0.15) is 18.3 Å². The molecule has 0 saturated carbocycles. The standard InChI is InChI=1S/C26H21ClF3N3O2/c1-32(2)25(34)19-7-5-6-18(14-19)17-10-12-21(13-11-17)35-16-20-15-24(26(28,29)30)31-33(20)23-9-4-3-8-22(23)27/h3-15H,16H2,1-2H3. The molecule has 3 aromatic carbocycles. The van der Waals surface area contributed by atoms with E-state index in [9.17, 15) is 18.0 Å². The van der Waals surface area contributed by atoms with E-state index < -0.39 is 11.9 Å². The summed E-state index contributed by atoms with van der Waals surface area (Å²) in [6, 6.07) is 21.8. The van der Waals surface area contributed by atoms with Crippen LogP contribution in [-0.2, 0) is 12.8 Å². The molecule has 0 spiro atoms. The SMILES string of the molecule is CN(C)C(=O)c1cccc(-c2ccc(OCc3cc(C(F)(F)F)nn3-c3ccccc3Cl)cc2)c1. The lowest BCUT2D eigenvalue weighted by molar-refractivity contribution is -0.141. The number of nitrogens with zero attached hydrogens (tertiary/aromatic N) is 3. The van der Waals surface area contributed by atoms with E-state index in [1.54, 1.807) is 62.6 Å². The zero-order valence-electron chi connectivity index (χ0n) is 18.9. The largest absolute Gasteiger partial charge is 0.487 e. The lowest BCUT2D eigenvalue weighted by atomic mass is 10.0. The van der Waals surface area contributed by atoms with Crippen molar-refractivity contribution < 1.29 is 22.7 Å². The van der Waals surface area contributed by atoms with Crippen molar-refractivity contribution in [3.63, 3.8) is 0 Å². The number of aromatic nitrogens is 2. The molecular weight excluding hydrogens is 479 g/mol. The van der Waals surface area contributed by atoms with Crippen LogP contribution in [0.25, 0.3) is 16.8 Å². The van der Waals surface area contributed by atoms with Gasteiger partial charge in [0.05, 0.1) is 16.4 Å². The van der Waals surface area contributed by atoms with Crippen LogP contribution in [0.5, 0.6) is 5.75 Å². The number of rotatable bonds is 6. The predicted octanol–water partition coefficient (Wildman–Crippen LogP) is 6.49. The Bertz CT molecular complexity index is 1350. The molecule has 0 aliphatic carbocycles. The number of ether oxygens (including phenoxy) is 1. The fourth-order valence-corrected chi connectivity index (χ4v) is 3.70. The van der Waals surface area contributed by atoms with Gasteiger partial charge >= 0.3 is 6.18 Å². The van der Waals surface area contributed by atoms with E-state index in [2.05, 4.69) is 5.10 Å². The molecule has 0 saturated heterocycles. The van der Waals surface area contributed by atoms with Crippen LogP contribution in [0.1, 0.15) is 21.7 Å². The first-order chi connectivity index (χ1) is 16.6. The second-order valence-electron chi connectivity index (χ2n) is 7.98. The van der Waals surface area contributed by atoms with E-state index >= 15 is 0 Å². The van der Waals surface area contributed by atoms with Crippen molar-refractivity contribution in [2.75, 3.05) is 14.1 Å². The topological polar surface area (TPSA) is 47.4 Å². The highest BCUT2D eigenvalue weighted by atomic mass is 35.5. The van der Waals surface area contributed by atoms with E-state index in [0.29, 0.717) is 17.0 Å². The third-order valence-electron chi connectivity index (χ3n) is 5.24. The lowest BCUT2D eigenvalue weighted by Crippen LogP contribution is -2.21. The molecule has 0 aliphatic heterocycles. The van der Waals surface area contributed by atoms with Crippen LogP contribution in [0.2, 0.25) is 5.02 Å². The molecule has 4 aromatic rings. The number of hydrogen-bond acceptors (Lipinski definition) is 3. The fourth-order valence-electron chi connectivity index (χ4n) is 3.48. The summed E-state index contributed by atoms with van der Waals surface area (Å²) in [5, 5.41) is 3.98. The van der Waals surface area contributed by atoms with Crippen LogP contribution in [0.3, 0.4) is 0 Å². The first kappa shape index (κ1) is 24.3. The number of alkyl halides is 3. The molecule has 0 radical (unpaired) electrons. The minimum atomic E-state index is -4.61. The number of para-hydroxylation sites is 1. The molecule has 5 nitrogen and oxygen atoms in total. The van der Waals surface area contributed by atoms with Crippen molar-refractivity contribution in [1.29, 1.82) is 0 Å². The number of amides is 1. The van der Waals surface area contributed by atoms with Crippen molar-refractivity contribution in [3.8, 4) is 22.6 Å². The van der Waals surface area contributed by atoms with Crippen LogP contribution < -0.4 is 4.74 Å². The van der Waals surface area contributed by atoms with Crippen molar-refractivity contribution in [3.05, 3.63) is 101 Å². The van der Waals surface area contributed by atoms with Crippen LogP contribution >= 0.6 is 11.6 Å². The fraction of sp³-hybridized carbons (Fsp3) is 0.154. The monoisotopic (exact) mass is 499 g/mol. The summed E-state index contributed by atoms with van der Waals surface area (Å²) in [5.41, 5.74) is 1.79. The second kappa shape index (κ2) is 9.84. The van der Waals surface area contributed by atoms with Crippen molar-refractivity contribution >= 4 is 17.5 Å². The Morgan fingerprint density at radius 1 is 0.971 bits per heavy atom. The van der Waals surface area contributed by atoms with E-state index in [0.717, 1.165) is 21.9 Å². The van der Waals surface area contributed by atoms with Gasteiger partial charge in [0.2, 0.25) is 0 Å². The number of hydrogen-bond donors (Lipinski definition) is 0. The number of carbonyl (C=O) groups is 1. The van der Waals surface area contributed by atoms with Gasteiger partial charge < -0.3 is 9.64 Å². The van der Waals surface area contributed by atoms with Crippen molar-refractivity contribution in [2.45, 2.75) is 12.8 Å². The van der Waals surface area contributed by atoms with Gasteiger partial charge in [-0.15, -0.1) is 0 Å². The molecule has 0 aliphatic rings. The van der Waals surface area contributed by atoms with Gasteiger partial charge in [-0.05, 0) is 53.6 Å². The highest BCUT2D eigenvalue weighted by Gasteiger charge is 2.35. The molecular formula is C26H21ClF3N3O2. The molecule has 0 unspecified atom stereocenters. The molecule has 1 heterocycles. The van der Waals surface area contributed by atoms with E-state index in [-0.39, 0.29) is 23.2 Å². The maximum Gasteiger partial charge on any atom is 0.435 e. The zero-order valence-corrected chi connectivity index (χ0v) is 19.6. The minimum Gasteiger partial charge on any atom is -0.487 e. The van der Waals surface area contributed by atoms with Crippen LogP contribution in [0, 0.1) is 0 Å². The van der Waals surface area contributed by atoms with Crippen LogP contribution in [0.4, 0.5) is 13.2 Å². The Morgan fingerprint density at radius 2 is 1.69 bits per heavy atom. The summed E-state index contributed by atoms with van der Waals surface area (Å²) in [4.78, 5) is 13.7. The first-order valence-electron chi connectivity index (χ1n) is 10.6. The Labute approximate surface area is 205 Å². The van der Waals surface area contributed by atoms with Gasteiger partial charge in [0.1, 0.15) is 12.4 Å². The molecule has 1 amide bonds. The van der Waals surface area contributed by atoms with Crippen molar-refractivity contribution in [2.24, 2.45) is 0 Å². The quantitative estimate of drug-likeness (QED) is 0.304. The minimum absolute atomic E-state index is 0.0971. The number of benzene rings is 3. The van der Waals surface area contributed by atoms with E-state index in [1.807, 2.05) is 24.3 Å². The van der Waals surface area contributed by atoms with Gasteiger partial charge in [-0.3, -0.25) is 4.79 Å². The molecule has 9 heteroatoms. The Morgan fingerprint density at radius 3 is 2.34 bits per heavy atom. The number of halogens is 4. The molecule has 0 N–H and O–H groups in total. The van der Waals surface area contributed by atoms with Crippen molar-refractivity contribution in [1.82, 2.24) is 14.7 Å². The third-order valence-corrected chi connectivity index (χ3v) is 5.56. The van der Waals surface area contributed by atoms with Gasteiger partial charge in [0.25, 0.3) is 5.91 Å². The summed E-state index contributed by atoms with van der Waals surface area (Å²) < 4.78 is 46.9. The maximum atomic E-state index is 13.3. The Kier molecular flexibility index (Phi) is 6.84. The predicted molar refractivity (Wildman–Crippen MR) is 128 cm³/mol. The van der Waals surface area contributed by atoms with Gasteiger partial charge in [0.15, 0.2) is 5.69 Å². The van der Waals surface area contributed by atoms with Crippen LogP contribution in [0.15, 0.2) is 78.9 Å². The summed E-state index contributed by atoms with van der Waals surface area (Å²) in [6.45, 7) is -0.152. The molecule has 0 atom stereocenters. The summed E-state index contributed by atoms with van der Waals surface area (Å²) in [7, 11) is 3.38. The molecule has 0 fully saturated rings. The Balaban J connectivity index is 1.55. The zero-order chi connectivity index (χ0) is 25.2. The second-order valence-corrected chi connectivity index (χ2v) is 8.38. The Hall–Kier alpha value is -3.78. The van der Waals surface area contributed by atoms with Gasteiger partial charge in [0, 0.05) is 19.7 Å². The highest BCUT2D eigenvalue weighted by molar-refractivity contribution is 6.32. The number of carbonyl (C=O) groups excluding carboxylic acids is 1. The van der Waals surface area contributed by atoms with E-state index in [4.69, 9.17) is 16.3 Å². The van der Waals surface area contributed by atoms with E-state index in [1.165, 1.54) is 4.90 Å². The normalized spacial score (nSPS) is 11.4. The molecule has 180 valence electrons. The molecule has 35 heavy (non-hydrogen) atoms. The average Bonchev–Trinajstić information content (AvgIpc) is 3.27. The highest BCUT2D eigenvalue weighted by Crippen LogP contribution is 2.31. The average molecular weight is 500 g/mol. The summed E-state index contributed by atoms with van der Waals surface area (Å²) in [6.07, 6.45) is -4.61.